The molecule has 1 aromatic rings. The van der Waals surface area contributed by atoms with E-state index in [1.165, 1.54) is 19.2 Å². The first-order valence-electron chi connectivity index (χ1n) is 3.91. The summed E-state index contributed by atoms with van der Waals surface area (Å²) in [6.07, 6.45) is 1.20. The van der Waals surface area contributed by atoms with E-state index in [-0.39, 0.29) is 5.75 Å². The number of rotatable bonds is 3. The molecule has 0 N–H and O–H groups in total. The Labute approximate surface area is 92.4 Å². The Hall–Kier alpha value is -0.660. The van der Waals surface area contributed by atoms with Gasteiger partial charge in [-0.3, -0.25) is 0 Å². The standard InChI is InChI=1S/C7H8ClNO4S2/c1-2-14(10,11)7-6(15(8,12)13)4-3-5-9-7/h3-5H,2H2,1H3. The molecule has 0 unspecified atom stereocenters. The van der Waals surface area contributed by atoms with Gasteiger partial charge in [0.1, 0.15) is 4.90 Å². The maximum atomic E-state index is 11.5. The van der Waals surface area contributed by atoms with Crippen LogP contribution in [0.5, 0.6) is 0 Å². The largest absolute Gasteiger partial charge is 0.264 e. The summed E-state index contributed by atoms with van der Waals surface area (Å²) in [7, 11) is -2.69. The van der Waals surface area contributed by atoms with Crippen molar-refractivity contribution in [2.45, 2.75) is 16.8 Å². The lowest BCUT2D eigenvalue weighted by molar-refractivity contribution is 0.583. The lowest BCUT2D eigenvalue weighted by atomic mass is 10.5. The number of nitrogens with zero attached hydrogens (tertiary/aromatic N) is 1. The van der Waals surface area contributed by atoms with Gasteiger partial charge in [0.15, 0.2) is 14.9 Å². The maximum absolute atomic E-state index is 11.5. The molecule has 0 saturated heterocycles. The quantitative estimate of drug-likeness (QED) is 0.758. The SMILES string of the molecule is CCS(=O)(=O)c1ncccc1S(=O)(=O)Cl. The summed E-state index contributed by atoms with van der Waals surface area (Å²) in [5.41, 5.74) is 0. The van der Waals surface area contributed by atoms with E-state index in [1.807, 2.05) is 0 Å². The van der Waals surface area contributed by atoms with Crippen LogP contribution in [0.4, 0.5) is 0 Å². The minimum atomic E-state index is -4.10. The van der Waals surface area contributed by atoms with Crippen molar-refractivity contribution < 1.29 is 16.8 Å². The van der Waals surface area contributed by atoms with Crippen molar-refractivity contribution in [3.05, 3.63) is 18.3 Å². The zero-order chi connectivity index (χ0) is 11.7. The smallest absolute Gasteiger partial charge is 0.243 e. The molecule has 15 heavy (non-hydrogen) atoms. The molecule has 0 aliphatic carbocycles. The third-order valence-corrected chi connectivity index (χ3v) is 4.83. The van der Waals surface area contributed by atoms with Crippen molar-refractivity contribution >= 4 is 29.6 Å². The molecule has 0 aliphatic rings. The highest BCUT2D eigenvalue weighted by Crippen LogP contribution is 2.22. The van der Waals surface area contributed by atoms with Gasteiger partial charge < -0.3 is 0 Å². The molecular formula is C7H8ClNO4S2. The van der Waals surface area contributed by atoms with Crippen molar-refractivity contribution in [3.8, 4) is 0 Å². The first kappa shape index (κ1) is 12.4. The van der Waals surface area contributed by atoms with Crippen LogP contribution in [-0.2, 0) is 18.9 Å². The summed E-state index contributed by atoms with van der Waals surface area (Å²) in [6, 6.07) is 2.42. The Kier molecular flexibility index (Phi) is 3.37. The van der Waals surface area contributed by atoms with Crippen LogP contribution >= 0.6 is 10.7 Å². The van der Waals surface area contributed by atoms with Gasteiger partial charge in [-0.2, -0.15) is 0 Å². The molecule has 84 valence electrons. The lowest BCUT2D eigenvalue weighted by Crippen LogP contribution is -2.10. The average molecular weight is 270 g/mol. The third kappa shape index (κ3) is 2.67. The zero-order valence-electron chi connectivity index (χ0n) is 7.71. The molecule has 0 radical (unpaired) electrons. The average Bonchev–Trinajstić information content (AvgIpc) is 2.16. The summed E-state index contributed by atoms with van der Waals surface area (Å²) < 4.78 is 45.1. The maximum Gasteiger partial charge on any atom is 0.264 e. The second kappa shape index (κ2) is 4.07. The lowest BCUT2D eigenvalue weighted by Gasteiger charge is -2.04. The number of hydrogen-bond acceptors (Lipinski definition) is 5. The van der Waals surface area contributed by atoms with Crippen molar-refractivity contribution in [1.29, 1.82) is 0 Å². The minimum Gasteiger partial charge on any atom is -0.243 e. The molecule has 0 amide bonds. The van der Waals surface area contributed by atoms with Crippen molar-refractivity contribution in [2.24, 2.45) is 0 Å². The van der Waals surface area contributed by atoms with E-state index in [2.05, 4.69) is 4.98 Å². The van der Waals surface area contributed by atoms with Gasteiger partial charge in [-0.05, 0) is 12.1 Å². The molecule has 0 bridgehead atoms. The predicted octanol–water partition coefficient (Wildman–Crippen LogP) is 0.803. The Morgan fingerprint density at radius 3 is 2.40 bits per heavy atom. The van der Waals surface area contributed by atoms with Crippen LogP contribution in [0.15, 0.2) is 28.3 Å². The molecule has 1 aromatic heterocycles. The van der Waals surface area contributed by atoms with E-state index in [1.54, 1.807) is 0 Å². The molecule has 1 heterocycles. The van der Waals surface area contributed by atoms with Gasteiger partial charge in [-0.15, -0.1) is 0 Å². The number of hydrogen-bond donors (Lipinski definition) is 0. The second-order valence-electron chi connectivity index (χ2n) is 2.65. The molecule has 0 aliphatic heterocycles. The first-order chi connectivity index (χ1) is 6.79. The first-order valence-corrected chi connectivity index (χ1v) is 7.87. The summed E-state index contributed by atoms with van der Waals surface area (Å²) in [5.74, 6) is -0.233. The Balaban J connectivity index is 3.59. The molecule has 0 fully saturated rings. The highest BCUT2D eigenvalue weighted by molar-refractivity contribution is 8.14. The Morgan fingerprint density at radius 1 is 1.33 bits per heavy atom. The molecule has 1 rings (SSSR count). The fraction of sp³-hybridized carbons (Fsp3) is 0.286. The fourth-order valence-corrected chi connectivity index (χ4v) is 3.52. The van der Waals surface area contributed by atoms with E-state index >= 15 is 0 Å². The molecule has 0 atom stereocenters. The van der Waals surface area contributed by atoms with Crippen LogP contribution in [0.3, 0.4) is 0 Å². The molecule has 8 heteroatoms. The zero-order valence-corrected chi connectivity index (χ0v) is 10.1. The fourth-order valence-electron chi connectivity index (χ4n) is 0.932. The van der Waals surface area contributed by atoms with Gasteiger partial charge in [0.05, 0.1) is 5.75 Å². The molecule has 0 spiro atoms. The van der Waals surface area contributed by atoms with E-state index in [0.717, 1.165) is 6.07 Å². The number of halogens is 1. The van der Waals surface area contributed by atoms with E-state index in [9.17, 15) is 16.8 Å². The van der Waals surface area contributed by atoms with Crippen molar-refractivity contribution in [2.75, 3.05) is 5.75 Å². The second-order valence-corrected chi connectivity index (χ2v) is 7.38. The van der Waals surface area contributed by atoms with Crippen molar-refractivity contribution in [1.82, 2.24) is 4.98 Å². The number of sulfone groups is 1. The van der Waals surface area contributed by atoms with Crippen LogP contribution < -0.4 is 0 Å². The van der Waals surface area contributed by atoms with Gasteiger partial charge in [0.25, 0.3) is 9.05 Å². The number of aromatic nitrogens is 1. The topological polar surface area (TPSA) is 81.2 Å². The highest BCUT2D eigenvalue weighted by Gasteiger charge is 2.24. The van der Waals surface area contributed by atoms with Crippen LogP contribution in [0, 0.1) is 0 Å². The summed E-state index contributed by atoms with van der Waals surface area (Å²) in [4.78, 5) is 3.06. The highest BCUT2D eigenvalue weighted by atomic mass is 35.7. The van der Waals surface area contributed by atoms with Crippen LogP contribution in [0.2, 0.25) is 0 Å². The van der Waals surface area contributed by atoms with E-state index < -0.39 is 28.8 Å². The summed E-state index contributed by atoms with van der Waals surface area (Å²) >= 11 is 0. The van der Waals surface area contributed by atoms with E-state index in [0.29, 0.717) is 0 Å². The molecule has 0 saturated carbocycles. The monoisotopic (exact) mass is 269 g/mol. The van der Waals surface area contributed by atoms with Crippen LogP contribution in [0.1, 0.15) is 6.92 Å². The van der Waals surface area contributed by atoms with Crippen molar-refractivity contribution in [3.63, 3.8) is 0 Å². The predicted molar refractivity (Wildman–Crippen MR) is 55.0 cm³/mol. The Bertz CT molecular complexity index is 564. The van der Waals surface area contributed by atoms with Gasteiger partial charge >= 0.3 is 0 Å². The van der Waals surface area contributed by atoms with Crippen LogP contribution in [0.25, 0.3) is 0 Å². The van der Waals surface area contributed by atoms with Gasteiger partial charge in [-0.1, -0.05) is 6.92 Å². The molecule has 0 aromatic carbocycles. The minimum absolute atomic E-state index is 0.233. The normalized spacial score (nSPS) is 12.7. The van der Waals surface area contributed by atoms with Crippen LogP contribution in [-0.4, -0.2) is 27.6 Å². The summed E-state index contributed by atoms with van der Waals surface area (Å²) in [6.45, 7) is 1.40. The number of pyridine rings is 1. The summed E-state index contributed by atoms with van der Waals surface area (Å²) in [5, 5.41) is -0.498. The van der Waals surface area contributed by atoms with E-state index in [4.69, 9.17) is 10.7 Å². The third-order valence-electron chi connectivity index (χ3n) is 1.67. The molecule has 5 nitrogen and oxygen atoms in total. The van der Waals surface area contributed by atoms with Gasteiger partial charge in [0, 0.05) is 16.9 Å². The Morgan fingerprint density at radius 2 is 1.93 bits per heavy atom. The van der Waals surface area contributed by atoms with Gasteiger partial charge in [-0.25, -0.2) is 21.8 Å². The molecular weight excluding hydrogens is 262 g/mol. The van der Waals surface area contributed by atoms with Gasteiger partial charge in [0.2, 0.25) is 0 Å².